The van der Waals surface area contributed by atoms with Gasteiger partial charge in [0.1, 0.15) is 12.4 Å². The summed E-state index contributed by atoms with van der Waals surface area (Å²) in [6, 6.07) is 3.71. The second-order valence-electron chi connectivity index (χ2n) is 3.97. The van der Waals surface area contributed by atoms with Crippen molar-refractivity contribution < 1.29 is 9.47 Å². The van der Waals surface area contributed by atoms with E-state index in [9.17, 15) is 0 Å². The average molecular weight is 224 g/mol. The van der Waals surface area contributed by atoms with Gasteiger partial charge < -0.3 is 15.2 Å². The first-order chi connectivity index (χ1) is 7.74. The zero-order chi connectivity index (χ0) is 11.8. The van der Waals surface area contributed by atoms with Crippen molar-refractivity contribution in [1.29, 1.82) is 0 Å². The van der Waals surface area contributed by atoms with E-state index >= 15 is 0 Å². The van der Waals surface area contributed by atoms with Crippen LogP contribution in [-0.4, -0.2) is 24.8 Å². The SMILES string of the molecule is CC(C)COCCOc1cccnc1CN. The van der Waals surface area contributed by atoms with Crippen LogP contribution in [0.4, 0.5) is 0 Å². The molecule has 1 aromatic heterocycles. The maximum atomic E-state index is 5.55. The van der Waals surface area contributed by atoms with Crippen LogP contribution in [0, 0.1) is 5.92 Å². The molecule has 90 valence electrons. The minimum absolute atomic E-state index is 0.392. The van der Waals surface area contributed by atoms with Crippen LogP contribution < -0.4 is 10.5 Å². The van der Waals surface area contributed by atoms with E-state index in [0.29, 0.717) is 25.7 Å². The summed E-state index contributed by atoms with van der Waals surface area (Å²) in [5, 5.41) is 0. The number of hydrogen-bond acceptors (Lipinski definition) is 4. The predicted molar refractivity (Wildman–Crippen MR) is 63.3 cm³/mol. The highest BCUT2D eigenvalue weighted by molar-refractivity contribution is 5.26. The van der Waals surface area contributed by atoms with E-state index in [2.05, 4.69) is 18.8 Å². The Morgan fingerprint density at radius 1 is 1.38 bits per heavy atom. The van der Waals surface area contributed by atoms with Crippen molar-refractivity contribution in [2.24, 2.45) is 11.7 Å². The van der Waals surface area contributed by atoms with Gasteiger partial charge in [0.15, 0.2) is 0 Å². The van der Waals surface area contributed by atoms with E-state index in [1.54, 1.807) is 6.20 Å². The number of nitrogens with zero attached hydrogens (tertiary/aromatic N) is 1. The van der Waals surface area contributed by atoms with Gasteiger partial charge in [-0.25, -0.2) is 0 Å². The Morgan fingerprint density at radius 3 is 2.88 bits per heavy atom. The first-order valence-electron chi connectivity index (χ1n) is 5.58. The lowest BCUT2D eigenvalue weighted by Gasteiger charge is -2.10. The maximum absolute atomic E-state index is 5.55. The van der Waals surface area contributed by atoms with Gasteiger partial charge in [-0.2, -0.15) is 0 Å². The molecule has 0 spiro atoms. The molecule has 0 radical (unpaired) electrons. The third-order valence-electron chi connectivity index (χ3n) is 1.98. The van der Waals surface area contributed by atoms with Gasteiger partial charge in [-0.1, -0.05) is 13.8 Å². The first-order valence-corrected chi connectivity index (χ1v) is 5.58. The van der Waals surface area contributed by atoms with Crippen LogP contribution in [0.25, 0.3) is 0 Å². The van der Waals surface area contributed by atoms with Gasteiger partial charge in [-0.15, -0.1) is 0 Å². The Morgan fingerprint density at radius 2 is 2.19 bits per heavy atom. The molecule has 0 aromatic carbocycles. The monoisotopic (exact) mass is 224 g/mol. The van der Waals surface area contributed by atoms with Gasteiger partial charge in [0.05, 0.1) is 12.3 Å². The maximum Gasteiger partial charge on any atom is 0.142 e. The minimum Gasteiger partial charge on any atom is -0.489 e. The molecule has 4 nitrogen and oxygen atoms in total. The van der Waals surface area contributed by atoms with Crippen LogP contribution in [0.1, 0.15) is 19.5 Å². The zero-order valence-electron chi connectivity index (χ0n) is 9.98. The number of hydrogen-bond donors (Lipinski definition) is 1. The molecule has 0 saturated heterocycles. The van der Waals surface area contributed by atoms with Crippen LogP contribution in [0.15, 0.2) is 18.3 Å². The van der Waals surface area contributed by atoms with Gasteiger partial charge in [0.2, 0.25) is 0 Å². The fourth-order valence-corrected chi connectivity index (χ4v) is 1.24. The van der Waals surface area contributed by atoms with Crippen LogP contribution in [-0.2, 0) is 11.3 Å². The Labute approximate surface area is 96.8 Å². The highest BCUT2D eigenvalue weighted by Crippen LogP contribution is 2.13. The third kappa shape index (κ3) is 4.59. The molecule has 0 bridgehead atoms. The van der Waals surface area contributed by atoms with Gasteiger partial charge in [-0.05, 0) is 18.1 Å². The lowest BCUT2D eigenvalue weighted by molar-refractivity contribution is 0.0815. The van der Waals surface area contributed by atoms with E-state index in [1.807, 2.05) is 12.1 Å². The molecular weight excluding hydrogens is 204 g/mol. The molecule has 16 heavy (non-hydrogen) atoms. The summed E-state index contributed by atoms with van der Waals surface area (Å²) in [4.78, 5) is 4.13. The summed E-state index contributed by atoms with van der Waals surface area (Å²) in [5.41, 5.74) is 6.33. The summed E-state index contributed by atoms with van der Waals surface area (Å²) >= 11 is 0. The normalized spacial score (nSPS) is 10.8. The Hall–Kier alpha value is -1.13. The van der Waals surface area contributed by atoms with Crippen molar-refractivity contribution in [3.8, 4) is 5.75 Å². The van der Waals surface area contributed by atoms with Crippen LogP contribution >= 0.6 is 0 Å². The van der Waals surface area contributed by atoms with E-state index in [1.165, 1.54) is 0 Å². The van der Waals surface area contributed by atoms with Gasteiger partial charge >= 0.3 is 0 Å². The summed E-state index contributed by atoms with van der Waals surface area (Å²) < 4.78 is 11.0. The highest BCUT2D eigenvalue weighted by Gasteiger charge is 2.02. The van der Waals surface area contributed by atoms with E-state index in [0.717, 1.165) is 18.1 Å². The van der Waals surface area contributed by atoms with Crippen molar-refractivity contribution in [2.45, 2.75) is 20.4 Å². The number of ether oxygens (including phenoxy) is 2. The van der Waals surface area contributed by atoms with Crippen molar-refractivity contribution in [2.75, 3.05) is 19.8 Å². The Balaban J connectivity index is 2.26. The number of rotatable bonds is 7. The van der Waals surface area contributed by atoms with Gasteiger partial charge in [0, 0.05) is 19.3 Å². The summed E-state index contributed by atoms with van der Waals surface area (Å²) in [6.07, 6.45) is 1.71. The van der Waals surface area contributed by atoms with Gasteiger partial charge in [-0.3, -0.25) is 4.98 Å². The molecule has 2 N–H and O–H groups in total. The third-order valence-corrected chi connectivity index (χ3v) is 1.98. The summed E-state index contributed by atoms with van der Waals surface area (Å²) in [7, 11) is 0. The lowest BCUT2D eigenvalue weighted by Crippen LogP contribution is -2.12. The van der Waals surface area contributed by atoms with E-state index < -0.39 is 0 Å². The van der Waals surface area contributed by atoms with Crippen LogP contribution in [0.2, 0.25) is 0 Å². The molecule has 0 aliphatic rings. The Kier molecular flexibility index (Phi) is 5.82. The highest BCUT2D eigenvalue weighted by atomic mass is 16.5. The van der Waals surface area contributed by atoms with E-state index in [4.69, 9.17) is 15.2 Å². The lowest BCUT2D eigenvalue weighted by atomic mass is 10.2. The standard InChI is InChI=1S/C12H20N2O2/c1-10(2)9-15-6-7-16-12-4-3-5-14-11(12)8-13/h3-5,10H,6-9,13H2,1-2H3. The summed E-state index contributed by atoms with van der Waals surface area (Å²) in [6.45, 7) is 6.52. The molecular formula is C12H20N2O2. The minimum atomic E-state index is 0.392. The molecule has 0 aliphatic carbocycles. The smallest absolute Gasteiger partial charge is 0.142 e. The topological polar surface area (TPSA) is 57.4 Å². The number of nitrogens with two attached hydrogens (primary N) is 1. The molecule has 0 saturated carbocycles. The van der Waals surface area contributed by atoms with Crippen molar-refractivity contribution >= 4 is 0 Å². The second-order valence-corrected chi connectivity index (χ2v) is 3.97. The molecule has 1 heterocycles. The zero-order valence-corrected chi connectivity index (χ0v) is 9.98. The molecule has 1 rings (SSSR count). The average Bonchev–Trinajstić information content (AvgIpc) is 2.29. The van der Waals surface area contributed by atoms with Crippen molar-refractivity contribution in [1.82, 2.24) is 4.98 Å². The van der Waals surface area contributed by atoms with Crippen molar-refractivity contribution in [3.05, 3.63) is 24.0 Å². The van der Waals surface area contributed by atoms with Crippen molar-refractivity contribution in [3.63, 3.8) is 0 Å². The molecule has 0 fully saturated rings. The molecule has 0 atom stereocenters. The van der Waals surface area contributed by atoms with Crippen LogP contribution in [0.3, 0.4) is 0 Å². The Bertz CT molecular complexity index is 303. The fourth-order valence-electron chi connectivity index (χ4n) is 1.24. The second kappa shape index (κ2) is 7.19. The predicted octanol–water partition coefficient (Wildman–Crippen LogP) is 1.59. The quantitative estimate of drug-likeness (QED) is 0.715. The fraction of sp³-hybridized carbons (Fsp3) is 0.583. The molecule has 0 unspecified atom stereocenters. The van der Waals surface area contributed by atoms with Gasteiger partial charge in [0.25, 0.3) is 0 Å². The van der Waals surface area contributed by atoms with E-state index in [-0.39, 0.29) is 0 Å². The molecule has 0 aliphatic heterocycles. The first kappa shape index (κ1) is 12.9. The molecule has 0 amide bonds. The molecule has 1 aromatic rings. The van der Waals surface area contributed by atoms with Crippen LogP contribution in [0.5, 0.6) is 5.75 Å². The number of aromatic nitrogens is 1. The largest absolute Gasteiger partial charge is 0.489 e. The number of pyridine rings is 1. The summed E-state index contributed by atoms with van der Waals surface area (Å²) in [5.74, 6) is 1.30. The molecule has 4 heteroatoms.